The summed E-state index contributed by atoms with van der Waals surface area (Å²) in [5, 5.41) is 14.6. The van der Waals surface area contributed by atoms with E-state index in [1.807, 2.05) is 11.1 Å². The predicted octanol–water partition coefficient (Wildman–Crippen LogP) is 4.32. The zero-order valence-electron chi connectivity index (χ0n) is 21.3. The van der Waals surface area contributed by atoms with E-state index in [2.05, 4.69) is 44.9 Å². The standard InChI is InChI=1S/C27H37N7O2/c1-3-4-18(2)31-27-30-15-23-24(16-34(25(23)32-27)21-5-7-22(35)8-6-21)19-9-11-33(12-10-19)26(36)20-13-28-17-29-14-20/h13-19,21-22,35H,3-12H2,1-2H3,(H,30,31,32)/t18-,21-,22-/m0/s1. The summed E-state index contributed by atoms with van der Waals surface area (Å²) in [6.07, 6.45) is 16.2. The second-order valence-corrected chi connectivity index (χ2v) is 10.4. The van der Waals surface area contributed by atoms with Crippen molar-refractivity contribution in [1.82, 2.24) is 29.4 Å². The van der Waals surface area contributed by atoms with Crippen LogP contribution in [0.25, 0.3) is 11.0 Å². The minimum atomic E-state index is -0.193. The smallest absolute Gasteiger partial charge is 0.256 e. The van der Waals surface area contributed by atoms with E-state index in [-0.39, 0.29) is 12.0 Å². The number of aliphatic hydroxyl groups excluding tert-OH is 1. The quantitative estimate of drug-likeness (QED) is 0.507. The van der Waals surface area contributed by atoms with Gasteiger partial charge in [-0.15, -0.1) is 0 Å². The number of nitrogens with zero attached hydrogens (tertiary/aromatic N) is 6. The molecule has 3 aromatic heterocycles. The number of aliphatic hydroxyl groups is 1. The SMILES string of the molecule is CCC[C@H](C)Nc1ncc2c(C3CCN(C(=O)c4cncnc4)CC3)cn([C@H]3CC[C@H](O)CC3)c2n1. The van der Waals surface area contributed by atoms with Crippen LogP contribution in [-0.4, -0.2) is 65.7 Å². The predicted molar refractivity (Wildman–Crippen MR) is 139 cm³/mol. The number of carbonyl (C=O) groups excluding carboxylic acids is 1. The lowest BCUT2D eigenvalue weighted by molar-refractivity contribution is 0.0712. The van der Waals surface area contributed by atoms with Gasteiger partial charge in [-0.1, -0.05) is 13.3 Å². The van der Waals surface area contributed by atoms with E-state index >= 15 is 0 Å². The van der Waals surface area contributed by atoms with Crippen LogP contribution in [0.2, 0.25) is 0 Å². The molecule has 2 N–H and O–H groups in total. The van der Waals surface area contributed by atoms with Crippen molar-refractivity contribution in [3.63, 3.8) is 0 Å². The first-order valence-corrected chi connectivity index (χ1v) is 13.4. The molecule has 2 fully saturated rings. The third-order valence-corrected chi connectivity index (χ3v) is 7.79. The molecule has 1 atom stereocenters. The molecule has 0 radical (unpaired) electrons. The average molecular weight is 492 g/mol. The second kappa shape index (κ2) is 10.9. The van der Waals surface area contributed by atoms with Gasteiger partial charge in [0.1, 0.15) is 12.0 Å². The summed E-state index contributed by atoms with van der Waals surface area (Å²) in [7, 11) is 0. The minimum Gasteiger partial charge on any atom is -0.393 e. The van der Waals surface area contributed by atoms with Gasteiger partial charge < -0.3 is 19.9 Å². The van der Waals surface area contributed by atoms with Crippen molar-refractivity contribution in [2.45, 2.75) is 89.3 Å². The summed E-state index contributed by atoms with van der Waals surface area (Å²) < 4.78 is 2.34. The van der Waals surface area contributed by atoms with Crippen LogP contribution < -0.4 is 5.32 Å². The highest BCUT2D eigenvalue weighted by Gasteiger charge is 2.30. The van der Waals surface area contributed by atoms with Crippen molar-refractivity contribution in [3.05, 3.63) is 42.2 Å². The van der Waals surface area contributed by atoms with Gasteiger partial charge in [0.25, 0.3) is 5.91 Å². The van der Waals surface area contributed by atoms with Crippen LogP contribution in [0, 0.1) is 0 Å². The van der Waals surface area contributed by atoms with E-state index < -0.39 is 0 Å². The van der Waals surface area contributed by atoms with Crippen LogP contribution in [0.5, 0.6) is 0 Å². The lowest BCUT2D eigenvalue weighted by Gasteiger charge is -2.32. The topological polar surface area (TPSA) is 109 Å². The Kier molecular flexibility index (Phi) is 7.46. The number of hydrogen-bond donors (Lipinski definition) is 2. The second-order valence-electron chi connectivity index (χ2n) is 10.4. The maximum Gasteiger partial charge on any atom is 0.256 e. The molecule has 1 amide bonds. The maximum absolute atomic E-state index is 12.9. The molecule has 36 heavy (non-hydrogen) atoms. The highest BCUT2D eigenvalue weighted by atomic mass is 16.3. The molecule has 4 heterocycles. The van der Waals surface area contributed by atoms with Gasteiger partial charge in [0.2, 0.25) is 5.95 Å². The third kappa shape index (κ3) is 5.21. The summed E-state index contributed by atoms with van der Waals surface area (Å²) in [6.45, 7) is 5.76. The van der Waals surface area contributed by atoms with Crippen molar-refractivity contribution in [1.29, 1.82) is 0 Å². The van der Waals surface area contributed by atoms with Crippen molar-refractivity contribution in [2.24, 2.45) is 0 Å². The Labute approximate surface area is 212 Å². The molecule has 0 spiro atoms. The van der Waals surface area contributed by atoms with Gasteiger partial charge in [-0.2, -0.15) is 4.98 Å². The lowest BCUT2D eigenvalue weighted by atomic mass is 9.89. The number of fused-ring (bicyclic) bond motifs is 1. The number of amides is 1. The van der Waals surface area contributed by atoms with E-state index in [1.165, 1.54) is 11.9 Å². The van der Waals surface area contributed by atoms with Crippen molar-refractivity contribution >= 4 is 22.9 Å². The third-order valence-electron chi connectivity index (χ3n) is 7.79. The molecule has 0 aromatic carbocycles. The Morgan fingerprint density at radius 3 is 2.53 bits per heavy atom. The molecule has 192 valence electrons. The van der Waals surface area contributed by atoms with Gasteiger partial charge in [0, 0.05) is 55.3 Å². The normalized spacial score (nSPS) is 22.0. The van der Waals surface area contributed by atoms with Gasteiger partial charge in [-0.25, -0.2) is 15.0 Å². The molecule has 1 aliphatic carbocycles. The Bertz CT molecular complexity index is 1170. The fourth-order valence-electron chi connectivity index (χ4n) is 5.77. The summed E-state index contributed by atoms with van der Waals surface area (Å²) in [5.74, 6) is 1.02. The number of anilines is 1. The number of rotatable bonds is 7. The number of hydrogen-bond acceptors (Lipinski definition) is 7. The van der Waals surface area contributed by atoms with E-state index in [1.54, 1.807) is 12.4 Å². The minimum absolute atomic E-state index is 0.00232. The van der Waals surface area contributed by atoms with Gasteiger partial charge >= 0.3 is 0 Å². The Morgan fingerprint density at radius 2 is 1.83 bits per heavy atom. The van der Waals surface area contributed by atoms with Crippen LogP contribution >= 0.6 is 0 Å². The first kappa shape index (κ1) is 24.6. The molecular formula is C27H37N7O2. The van der Waals surface area contributed by atoms with Crippen LogP contribution in [0.3, 0.4) is 0 Å². The largest absolute Gasteiger partial charge is 0.393 e. The fourth-order valence-corrected chi connectivity index (χ4v) is 5.77. The van der Waals surface area contributed by atoms with Gasteiger partial charge in [0.15, 0.2) is 0 Å². The number of likely N-dealkylation sites (tertiary alicyclic amines) is 1. The molecule has 9 heteroatoms. The first-order chi connectivity index (χ1) is 17.5. The average Bonchev–Trinajstić information content (AvgIpc) is 3.28. The van der Waals surface area contributed by atoms with Crippen molar-refractivity contribution in [2.75, 3.05) is 18.4 Å². The molecule has 1 saturated carbocycles. The Balaban J connectivity index is 1.39. The van der Waals surface area contributed by atoms with Gasteiger partial charge in [0.05, 0.1) is 11.7 Å². The van der Waals surface area contributed by atoms with Crippen molar-refractivity contribution in [3.8, 4) is 0 Å². The van der Waals surface area contributed by atoms with Crippen LogP contribution in [0.15, 0.2) is 31.1 Å². The molecular weight excluding hydrogens is 454 g/mol. The summed E-state index contributed by atoms with van der Waals surface area (Å²) in [6, 6.07) is 0.650. The number of nitrogens with one attached hydrogen (secondary N) is 1. The van der Waals surface area contributed by atoms with E-state index in [9.17, 15) is 9.90 Å². The van der Waals surface area contributed by atoms with Crippen molar-refractivity contribution < 1.29 is 9.90 Å². The number of aromatic nitrogens is 5. The van der Waals surface area contributed by atoms with E-state index in [0.717, 1.165) is 62.4 Å². The Morgan fingerprint density at radius 1 is 1.11 bits per heavy atom. The lowest BCUT2D eigenvalue weighted by Crippen LogP contribution is -2.38. The highest BCUT2D eigenvalue weighted by Crippen LogP contribution is 2.38. The number of piperidine rings is 1. The summed E-state index contributed by atoms with van der Waals surface area (Å²) in [4.78, 5) is 32.4. The van der Waals surface area contributed by atoms with Crippen LogP contribution in [0.4, 0.5) is 5.95 Å². The molecule has 1 aliphatic heterocycles. The molecule has 3 aromatic rings. The molecule has 5 rings (SSSR count). The number of carbonyl (C=O) groups is 1. The summed E-state index contributed by atoms with van der Waals surface area (Å²) in [5.41, 5.74) is 2.80. The fraction of sp³-hybridized carbons (Fsp3) is 0.593. The zero-order valence-corrected chi connectivity index (χ0v) is 21.3. The van der Waals surface area contributed by atoms with Crippen LogP contribution in [0.1, 0.15) is 93.1 Å². The maximum atomic E-state index is 12.9. The monoisotopic (exact) mass is 491 g/mol. The van der Waals surface area contributed by atoms with Gasteiger partial charge in [-0.3, -0.25) is 4.79 Å². The van der Waals surface area contributed by atoms with Crippen LogP contribution in [-0.2, 0) is 0 Å². The zero-order chi connectivity index (χ0) is 25.1. The Hall–Kier alpha value is -3.07. The van der Waals surface area contributed by atoms with E-state index in [0.29, 0.717) is 42.6 Å². The van der Waals surface area contributed by atoms with E-state index in [4.69, 9.17) is 4.98 Å². The molecule has 0 unspecified atom stereocenters. The first-order valence-electron chi connectivity index (χ1n) is 13.4. The molecule has 0 bridgehead atoms. The van der Waals surface area contributed by atoms with Gasteiger partial charge in [-0.05, 0) is 63.4 Å². The molecule has 2 aliphatic rings. The molecule has 1 saturated heterocycles. The molecule has 9 nitrogen and oxygen atoms in total. The summed E-state index contributed by atoms with van der Waals surface area (Å²) >= 11 is 0. The highest BCUT2D eigenvalue weighted by molar-refractivity contribution is 5.93.